The van der Waals surface area contributed by atoms with Crippen molar-refractivity contribution < 1.29 is 0 Å². The first-order chi connectivity index (χ1) is 9.86. The first kappa shape index (κ1) is 18.3. The molecule has 0 aromatic heterocycles. The van der Waals surface area contributed by atoms with Crippen LogP contribution in [0, 0.1) is 5.92 Å². The Bertz CT molecular complexity index is 314. The molecule has 0 amide bonds. The largest absolute Gasteiger partial charge is 0.354 e. The standard InChI is InChI=1S/C17H36N4/c1-8-18(6)9-11-20-13-14-21(17(20)15(2)3)12-10-19(7)16(4)5/h13-17H,8-12H2,1-7H3. The molecular weight excluding hydrogens is 260 g/mol. The smallest absolute Gasteiger partial charge is 0.103 e. The summed E-state index contributed by atoms with van der Waals surface area (Å²) in [5.74, 6) is 0.635. The molecule has 0 aliphatic carbocycles. The van der Waals surface area contributed by atoms with Crippen molar-refractivity contribution in [3.63, 3.8) is 0 Å². The molecule has 1 unspecified atom stereocenters. The van der Waals surface area contributed by atoms with Gasteiger partial charge in [0.25, 0.3) is 0 Å². The van der Waals surface area contributed by atoms with E-state index >= 15 is 0 Å². The molecule has 0 fully saturated rings. The van der Waals surface area contributed by atoms with E-state index in [0.717, 1.165) is 32.7 Å². The second-order valence-corrected chi connectivity index (χ2v) is 6.90. The molecule has 1 heterocycles. The highest BCUT2D eigenvalue weighted by Crippen LogP contribution is 2.22. The van der Waals surface area contributed by atoms with Crippen LogP contribution in [0.25, 0.3) is 0 Å². The molecule has 1 atom stereocenters. The van der Waals surface area contributed by atoms with Crippen molar-refractivity contribution in [3.05, 3.63) is 12.4 Å². The number of hydrogen-bond donors (Lipinski definition) is 0. The average molecular weight is 297 g/mol. The third-order valence-corrected chi connectivity index (χ3v) is 4.60. The van der Waals surface area contributed by atoms with Gasteiger partial charge in [-0.3, -0.25) is 0 Å². The molecule has 1 aliphatic rings. The Labute approximate surface area is 132 Å². The molecule has 0 bridgehead atoms. The predicted octanol–water partition coefficient (Wildman–Crippen LogP) is 2.35. The van der Waals surface area contributed by atoms with Gasteiger partial charge in [0.1, 0.15) is 6.17 Å². The van der Waals surface area contributed by atoms with Crippen LogP contribution in [0.5, 0.6) is 0 Å². The molecule has 0 aromatic rings. The lowest BCUT2D eigenvalue weighted by atomic mass is 10.1. The fourth-order valence-corrected chi connectivity index (χ4v) is 2.69. The molecule has 1 aliphatic heterocycles. The van der Waals surface area contributed by atoms with Crippen LogP contribution in [0.1, 0.15) is 34.6 Å². The fourth-order valence-electron chi connectivity index (χ4n) is 2.69. The normalized spacial score (nSPS) is 19.1. The summed E-state index contributed by atoms with van der Waals surface area (Å²) in [5.41, 5.74) is 0. The van der Waals surface area contributed by atoms with Gasteiger partial charge in [-0.1, -0.05) is 20.8 Å². The SMILES string of the molecule is CCN(C)CCN1C=CN(CCN(C)C(C)C)C1C(C)C. The number of rotatable bonds is 9. The Hall–Kier alpha value is -0.740. The fraction of sp³-hybridized carbons (Fsp3) is 0.882. The van der Waals surface area contributed by atoms with E-state index in [0.29, 0.717) is 18.1 Å². The first-order valence-corrected chi connectivity index (χ1v) is 8.45. The van der Waals surface area contributed by atoms with Gasteiger partial charge in [0.15, 0.2) is 0 Å². The molecule has 0 saturated heterocycles. The molecule has 0 N–H and O–H groups in total. The quantitative estimate of drug-likeness (QED) is 0.647. The first-order valence-electron chi connectivity index (χ1n) is 8.45. The van der Waals surface area contributed by atoms with Crippen LogP contribution in [0.2, 0.25) is 0 Å². The molecule has 0 aromatic carbocycles. The highest BCUT2D eigenvalue weighted by Gasteiger charge is 2.28. The van der Waals surface area contributed by atoms with Crippen LogP contribution in [0.3, 0.4) is 0 Å². The minimum Gasteiger partial charge on any atom is -0.354 e. The van der Waals surface area contributed by atoms with E-state index in [-0.39, 0.29) is 0 Å². The van der Waals surface area contributed by atoms with Gasteiger partial charge in [-0.25, -0.2) is 0 Å². The summed E-state index contributed by atoms with van der Waals surface area (Å²) in [6.07, 6.45) is 5.07. The summed E-state index contributed by atoms with van der Waals surface area (Å²) in [6, 6.07) is 0.614. The van der Waals surface area contributed by atoms with Gasteiger partial charge in [0.2, 0.25) is 0 Å². The average Bonchev–Trinajstić information content (AvgIpc) is 2.84. The lowest BCUT2D eigenvalue weighted by Gasteiger charge is -2.37. The second-order valence-electron chi connectivity index (χ2n) is 6.90. The lowest BCUT2D eigenvalue weighted by molar-refractivity contribution is 0.0901. The molecular formula is C17H36N4. The number of nitrogens with zero attached hydrogens (tertiary/aromatic N) is 4. The Balaban J connectivity index is 2.52. The molecule has 4 nitrogen and oxygen atoms in total. The van der Waals surface area contributed by atoms with Crippen LogP contribution in [-0.4, -0.2) is 78.6 Å². The maximum Gasteiger partial charge on any atom is 0.103 e. The molecule has 0 saturated carbocycles. The summed E-state index contributed by atoms with van der Waals surface area (Å²) in [4.78, 5) is 9.81. The van der Waals surface area contributed by atoms with Crippen molar-refractivity contribution in [2.24, 2.45) is 5.92 Å². The van der Waals surface area contributed by atoms with Crippen molar-refractivity contribution in [1.82, 2.24) is 19.6 Å². The van der Waals surface area contributed by atoms with E-state index in [1.54, 1.807) is 0 Å². The molecule has 0 radical (unpaired) electrons. The number of hydrogen-bond acceptors (Lipinski definition) is 4. The molecule has 4 heteroatoms. The van der Waals surface area contributed by atoms with Gasteiger partial charge in [-0.2, -0.15) is 0 Å². The van der Waals surface area contributed by atoms with Crippen LogP contribution in [0.4, 0.5) is 0 Å². The number of likely N-dealkylation sites (N-methyl/N-ethyl adjacent to an activating group) is 2. The summed E-state index contributed by atoms with van der Waals surface area (Å²) in [6.45, 7) is 17.0. The van der Waals surface area contributed by atoms with E-state index in [1.165, 1.54) is 0 Å². The summed E-state index contributed by atoms with van der Waals surface area (Å²) < 4.78 is 0. The lowest BCUT2D eigenvalue weighted by Crippen LogP contribution is -2.47. The van der Waals surface area contributed by atoms with E-state index in [4.69, 9.17) is 0 Å². The summed E-state index contributed by atoms with van der Waals surface area (Å²) in [5, 5.41) is 0. The van der Waals surface area contributed by atoms with E-state index in [9.17, 15) is 0 Å². The van der Waals surface area contributed by atoms with Gasteiger partial charge in [-0.15, -0.1) is 0 Å². The monoisotopic (exact) mass is 296 g/mol. The van der Waals surface area contributed by atoms with E-state index < -0.39 is 0 Å². The van der Waals surface area contributed by atoms with E-state index in [2.05, 4.69) is 80.7 Å². The second kappa shape index (κ2) is 8.64. The highest BCUT2D eigenvalue weighted by molar-refractivity contribution is 4.98. The molecule has 124 valence electrons. The van der Waals surface area contributed by atoms with Crippen LogP contribution < -0.4 is 0 Å². The minimum atomic E-state index is 0.510. The van der Waals surface area contributed by atoms with Crippen LogP contribution in [-0.2, 0) is 0 Å². The maximum absolute atomic E-state index is 2.51. The summed E-state index contributed by atoms with van der Waals surface area (Å²) in [7, 11) is 4.41. The zero-order valence-electron chi connectivity index (χ0n) is 15.2. The van der Waals surface area contributed by atoms with Crippen molar-refractivity contribution in [2.45, 2.75) is 46.8 Å². The van der Waals surface area contributed by atoms with Crippen LogP contribution in [0.15, 0.2) is 12.4 Å². The molecule has 1 rings (SSSR count). The topological polar surface area (TPSA) is 13.0 Å². The highest BCUT2D eigenvalue weighted by atomic mass is 15.4. The third kappa shape index (κ3) is 5.51. The Kier molecular flexibility index (Phi) is 7.53. The summed E-state index contributed by atoms with van der Waals surface area (Å²) >= 11 is 0. The van der Waals surface area contributed by atoms with E-state index in [1.807, 2.05) is 0 Å². The zero-order chi connectivity index (χ0) is 16.0. The molecule has 21 heavy (non-hydrogen) atoms. The van der Waals surface area contributed by atoms with Gasteiger partial charge in [-0.05, 0) is 40.4 Å². The van der Waals surface area contributed by atoms with Gasteiger partial charge < -0.3 is 19.6 Å². The van der Waals surface area contributed by atoms with Gasteiger partial charge in [0.05, 0.1) is 0 Å². The minimum absolute atomic E-state index is 0.510. The van der Waals surface area contributed by atoms with Crippen molar-refractivity contribution in [3.8, 4) is 0 Å². The third-order valence-electron chi connectivity index (χ3n) is 4.60. The molecule has 0 spiro atoms. The van der Waals surface area contributed by atoms with Crippen molar-refractivity contribution >= 4 is 0 Å². The zero-order valence-corrected chi connectivity index (χ0v) is 15.2. The maximum atomic E-state index is 2.51. The predicted molar refractivity (Wildman–Crippen MR) is 92.1 cm³/mol. The van der Waals surface area contributed by atoms with Crippen LogP contribution >= 0.6 is 0 Å². The van der Waals surface area contributed by atoms with Gasteiger partial charge in [0, 0.05) is 44.6 Å². The van der Waals surface area contributed by atoms with Crippen molar-refractivity contribution in [2.75, 3.05) is 46.8 Å². The Morgan fingerprint density at radius 3 is 1.90 bits per heavy atom. The van der Waals surface area contributed by atoms with Crippen molar-refractivity contribution in [1.29, 1.82) is 0 Å². The Morgan fingerprint density at radius 2 is 1.48 bits per heavy atom. The van der Waals surface area contributed by atoms with Gasteiger partial charge >= 0.3 is 0 Å². The Morgan fingerprint density at radius 1 is 0.952 bits per heavy atom.